The van der Waals surface area contributed by atoms with Crippen LogP contribution in [0.5, 0.6) is 11.5 Å². The van der Waals surface area contributed by atoms with E-state index in [0.717, 1.165) is 5.56 Å². The van der Waals surface area contributed by atoms with Crippen LogP contribution >= 0.6 is 0 Å². The van der Waals surface area contributed by atoms with Gasteiger partial charge in [0.05, 0.1) is 33.9 Å². The molecular weight excluding hydrogens is 274 g/mol. The van der Waals surface area contributed by atoms with Crippen LogP contribution in [-0.4, -0.2) is 56.5 Å². The molecule has 0 aromatic heterocycles. The summed E-state index contributed by atoms with van der Waals surface area (Å²) in [6, 6.07) is 5.26. The van der Waals surface area contributed by atoms with E-state index in [1.54, 1.807) is 20.3 Å². The van der Waals surface area contributed by atoms with E-state index in [9.17, 15) is 9.90 Å². The molecule has 0 spiro atoms. The van der Waals surface area contributed by atoms with Crippen LogP contribution < -0.4 is 9.47 Å². The summed E-state index contributed by atoms with van der Waals surface area (Å²) in [5, 5.41) is 9.22. The van der Waals surface area contributed by atoms with Gasteiger partial charge >= 0.3 is 5.97 Å². The Hall–Kier alpha value is -1.79. The van der Waals surface area contributed by atoms with Crippen LogP contribution in [0, 0.1) is 0 Å². The van der Waals surface area contributed by atoms with Crippen LogP contribution in [-0.2, 0) is 9.53 Å². The minimum atomic E-state index is -0.829. The summed E-state index contributed by atoms with van der Waals surface area (Å²) in [5.41, 5.74) is 0.864. The molecule has 1 atom stereocenters. The molecule has 1 saturated heterocycles. The number of morpholine rings is 1. The third-order valence-corrected chi connectivity index (χ3v) is 3.65. The lowest BCUT2D eigenvalue weighted by Gasteiger charge is -2.34. The Labute approximate surface area is 124 Å². The zero-order valence-electron chi connectivity index (χ0n) is 12.4. The quantitative estimate of drug-likeness (QED) is 0.859. The maximum absolute atomic E-state index is 11.2. The number of nitrogens with zero attached hydrogens (tertiary/aromatic N) is 1. The second-order valence-electron chi connectivity index (χ2n) is 4.87. The van der Waals surface area contributed by atoms with Crippen LogP contribution in [0.25, 0.3) is 0 Å². The maximum atomic E-state index is 11.2. The normalized spacial score (nSPS) is 17.2. The van der Waals surface area contributed by atoms with Crippen molar-refractivity contribution < 1.29 is 24.1 Å². The summed E-state index contributed by atoms with van der Waals surface area (Å²) in [5.74, 6) is 0.503. The summed E-state index contributed by atoms with van der Waals surface area (Å²) >= 11 is 0. The Morgan fingerprint density at radius 1 is 1.33 bits per heavy atom. The molecule has 1 aliphatic heterocycles. The first-order valence-corrected chi connectivity index (χ1v) is 6.91. The molecule has 21 heavy (non-hydrogen) atoms. The molecule has 0 aliphatic carbocycles. The monoisotopic (exact) mass is 295 g/mol. The minimum Gasteiger partial charge on any atom is -0.497 e. The first-order valence-electron chi connectivity index (χ1n) is 6.91. The summed E-state index contributed by atoms with van der Waals surface area (Å²) in [6.45, 7) is 2.67. The topological polar surface area (TPSA) is 68.2 Å². The van der Waals surface area contributed by atoms with Crippen molar-refractivity contribution in [1.82, 2.24) is 4.90 Å². The third kappa shape index (κ3) is 3.86. The van der Waals surface area contributed by atoms with Crippen molar-refractivity contribution in [3.63, 3.8) is 0 Å². The molecular formula is C15H21NO5. The molecule has 6 heteroatoms. The van der Waals surface area contributed by atoms with Gasteiger partial charge in [-0.1, -0.05) is 6.07 Å². The number of hydrogen-bond acceptors (Lipinski definition) is 5. The standard InChI is InChI=1S/C15H21NO5/c1-19-11-3-4-12(14(9-11)20-2)13(10-15(17)18)16-5-7-21-8-6-16/h3-4,9,13H,5-8,10H2,1-2H3,(H,17,18). The molecule has 1 N–H and O–H groups in total. The van der Waals surface area contributed by atoms with Crippen molar-refractivity contribution in [2.45, 2.75) is 12.5 Å². The molecule has 0 bridgehead atoms. The second kappa shape index (κ2) is 7.28. The van der Waals surface area contributed by atoms with Gasteiger partial charge in [-0.3, -0.25) is 9.69 Å². The molecule has 0 radical (unpaired) electrons. The number of carboxylic acids is 1. The van der Waals surface area contributed by atoms with Gasteiger partial charge in [-0.25, -0.2) is 0 Å². The number of rotatable bonds is 6. The average Bonchev–Trinajstić information content (AvgIpc) is 2.52. The molecule has 1 aromatic rings. The van der Waals surface area contributed by atoms with Crippen molar-refractivity contribution in [2.75, 3.05) is 40.5 Å². The van der Waals surface area contributed by atoms with Crippen LogP contribution in [0.3, 0.4) is 0 Å². The number of carbonyl (C=O) groups is 1. The van der Waals surface area contributed by atoms with Crippen LogP contribution in [0.2, 0.25) is 0 Å². The molecule has 1 heterocycles. The first-order chi connectivity index (χ1) is 10.2. The Balaban J connectivity index is 2.32. The van der Waals surface area contributed by atoms with Gasteiger partial charge < -0.3 is 19.3 Å². The van der Waals surface area contributed by atoms with E-state index >= 15 is 0 Å². The van der Waals surface area contributed by atoms with Crippen LogP contribution in [0.4, 0.5) is 0 Å². The molecule has 2 rings (SSSR count). The van der Waals surface area contributed by atoms with Gasteiger partial charge in [0.2, 0.25) is 0 Å². The Morgan fingerprint density at radius 3 is 2.62 bits per heavy atom. The van der Waals surface area contributed by atoms with Gasteiger partial charge in [0.15, 0.2) is 0 Å². The van der Waals surface area contributed by atoms with Gasteiger partial charge in [0.25, 0.3) is 0 Å². The first kappa shape index (κ1) is 15.6. The number of methoxy groups -OCH3 is 2. The van der Waals surface area contributed by atoms with E-state index in [1.807, 2.05) is 12.1 Å². The van der Waals surface area contributed by atoms with E-state index in [-0.39, 0.29) is 12.5 Å². The molecule has 116 valence electrons. The molecule has 6 nitrogen and oxygen atoms in total. The van der Waals surface area contributed by atoms with Crippen LogP contribution in [0.1, 0.15) is 18.0 Å². The third-order valence-electron chi connectivity index (χ3n) is 3.65. The molecule has 0 amide bonds. The fraction of sp³-hybridized carbons (Fsp3) is 0.533. The number of hydrogen-bond donors (Lipinski definition) is 1. The molecule has 1 unspecified atom stereocenters. The highest BCUT2D eigenvalue weighted by molar-refractivity contribution is 5.68. The fourth-order valence-corrected chi connectivity index (χ4v) is 2.58. The SMILES string of the molecule is COc1ccc(C(CC(=O)O)N2CCOCC2)c(OC)c1. The summed E-state index contributed by atoms with van der Waals surface area (Å²) in [7, 11) is 3.17. The zero-order valence-corrected chi connectivity index (χ0v) is 12.4. The highest BCUT2D eigenvalue weighted by Crippen LogP contribution is 2.34. The van der Waals surface area contributed by atoms with E-state index in [1.165, 1.54) is 0 Å². The van der Waals surface area contributed by atoms with Crippen molar-refractivity contribution in [2.24, 2.45) is 0 Å². The van der Waals surface area contributed by atoms with Crippen molar-refractivity contribution in [1.29, 1.82) is 0 Å². The Morgan fingerprint density at radius 2 is 2.05 bits per heavy atom. The number of aliphatic carboxylic acids is 1. The fourth-order valence-electron chi connectivity index (χ4n) is 2.58. The van der Waals surface area contributed by atoms with E-state index in [2.05, 4.69) is 4.90 Å². The minimum absolute atomic E-state index is 0.0304. The maximum Gasteiger partial charge on any atom is 0.305 e. The van der Waals surface area contributed by atoms with Gasteiger partial charge in [-0.05, 0) is 6.07 Å². The number of carboxylic acid groups (broad SMARTS) is 1. The molecule has 1 aromatic carbocycles. The highest BCUT2D eigenvalue weighted by Gasteiger charge is 2.27. The molecule has 1 fully saturated rings. The number of ether oxygens (including phenoxy) is 3. The van der Waals surface area contributed by atoms with E-state index in [4.69, 9.17) is 14.2 Å². The van der Waals surface area contributed by atoms with Gasteiger partial charge in [0.1, 0.15) is 11.5 Å². The van der Waals surface area contributed by atoms with Gasteiger partial charge in [-0.15, -0.1) is 0 Å². The average molecular weight is 295 g/mol. The van der Waals surface area contributed by atoms with Gasteiger partial charge in [0, 0.05) is 30.8 Å². The Kier molecular flexibility index (Phi) is 5.41. The summed E-state index contributed by atoms with van der Waals surface area (Å²) < 4.78 is 15.9. The van der Waals surface area contributed by atoms with E-state index < -0.39 is 5.97 Å². The smallest absolute Gasteiger partial charge is 0.305 e. The molecule has 0 saturated carbocycles. The lowest BCUT2D eigenvalue weighted by molar-refractivity contribution is -0.139. The number of benzene rings is 1. The van der Waals surface area contributed by atoms with Gasteiger partial charge in [-0.2, -0.15) is 0 Å². The lowest BCUT2D eigenvalue weighted by Crippen LogP contribution is -2.40. The van der Waals surface area contributed by atoms with E-state index in [0.29, 0.717) is 37.8 Å². The largest absolute Gasteiger partial charge is 0.497 e. The zero-order chi connectivity index (χ0) is 15.2. The predicted octanol–water partition coefficient (Wildman–Crippen LogP) is 1.55. The second-order valence-corrected chi connectivity index (χ2v) is 4.87. The summed E-state index contributed by atoms with van der Waals surface area (Å²) in [6.07, 6.45) is 0.0304. The summed E-state index contributed by atoms with van der Waals surface area (Å²) in [4.78, 5) is 13.4. The lowest BCUT2D eigenvalue weighted by atomic mass is 10.00. The molecule has 1 aliphatic rings. The predicted molar refractivity (Wildman–Crippen MR) is 76.9 cm³/mol. The van der Waals surface area contributed by atoms with Crippen LogP contribution in [0.15, 0.2) is 18.2 Å². The Bertz CT molecular complexity index is 485. The van der Waals surface area contributed by atoms with Crippen molar-refractivity contribution >= 4 is 5.97 Å². The van der Waals surface area contributed by atoms with Crippen molar-refractivity contribution in [3.8, 4) is 11.5 Å². The van der Waals surface area contributed by atoms with Crippen molar-refractivity contribution in [3.05, 3.63) is 23.8 Å². The highest BCUT2D eigenvalue weighted by atomic mass is 16.5.